The Balaban J connectivity index is 2.33. The number of piperazine rings is 1. The fourth-order valence-electron chi connectivity index (χ4n) is 2.43. The zero-order valence-corrected chi connectivity index (χ0v) is 12.0. The molecule has 0 saturated carbocycles. The molecule has 1 aliphatic rings. The van der Waals surface area contributed by atoms with Gasteiger partial charge < -0.3 is 15.1 Å². The minimum atomic E-state index is 0.584. The fourth-order valence-corrected chi connectivity index (χ4v) is 2.43. The van der Waals surface area contributed by atoms with E-state index in [9.17, 15) is 0 Å². The molecule has 0 unspecified atom stereocenters. The van der Waals surface area contributed by atoms with Crippen molar-refractivity contribution in [3.05, 3.63) is 23.8 Å². The summed E-state index contributed by atoms with van der Waals surface area (Å²) in [6.07, 6.45) is 0. The highest BCUT2D eigenvalue weighted by molar-refractivity contribution is 5.72. The van der Waals surface area contributed by atoms with Gasteiger partial charge in [0.25, 0.3) is 0 Å². The van der Waals surface area contributed by atoms with Crippen LogP contribution in [0.25, 0.3) is 0 Å². The van der Waals surface area contributed by atoms with Crippen molar-refractivity contribution < 1.29 is 0 Å². The number of nitrogens with zero attached hydrogens (tertiary/aromatic N) is 2. The largest absolute Gasteiger partial charge is 0.376 e. The van der Waals surface area contributed by atoms with Crippen LogP contribution in [-0.4, -0.2) is 40.3 Å². The first-order chi connectivity index (χ1) is 8.59. The molecule has 1 fully saturated rings. The average Bonchev–Trinajstić information content (AvgIpc) is 2.39. The summed E-state index contributed by atoms with van der Waals surface area (Å²) in [7, 11) is 4.26. The zero-order chi connectivity index (χ0) is 13.1. The number of nitrogens with one attached hydrogen (secondary N) is 1. The van der Waals surface area contributed by atoms with Crippen molar-refractivity contribution in [1.29, 1.82) is 0 Å². The molecule has 0 amide bonds. The highest BCUT2D eigenvalue weighted by atomic mass is 15.2. The Kier molecular flexibility index (Phi) is 4.12. The van der Waals surface area contributed by atoms with Gasteiger partial charge in [0.05, 0.1) is 11.4 Å². The van der Waals surface area contributed by atoms with E-state index in [2.05, 4.69) is 61.3 Å². The minimum Gasteiger partial charge on any atom is -0.376 e. The smallest absolute Gasteiger partial charge is 0.0604 e. The first-order valence-corrected chi connectivity index (χ1v) is 6.86. The maximum absolute atomic E-state index is 3.41. The van der Waals surface area contributed by atoms with Gasteiger partial charge in [-0.25, -0.2) is 0 Å². The quantitative estimate of drug-likeness (QED) is 0.884. The van der Waals surface area contributed by atoms with Crippen LogP contribution in [0.4, 0.5) is 11.4 Å². The lowest BCUT2D eigenvalue weighted by atomic mass is 10.0. The summed E-state index contributed by atoms with van der Waals surface area (Å²) >= 11 is 0. The minimum absolute atomic E-state index is 0.584. The van der Waals surface area contributed by atoms with Crippen molar-refractivity contribution in [1.82, 2.24) is 5.32 Å². The SMILES string of the molecule is CC(C)c1ccc(N2CCNCC2)c(N(C)C)c1. The lowest BCUT2D eigenvalue weighted by molar-refractivity contribution is 0.589. The van der Waals surface area contributed by atoms with Crippen molar-refractivity contribution in [2.24, 2.45) is 0 Å². The average molecular weight is 247 g/mol. The van der Waals surface area contributed by atoms with Crippen LogP contribution in [0.3, 0.4) is 0 Å². The predicted octanol–water partition coefficient (Wildman–Crippen LogP) is 2.29. The third kappa shape index (κ3) is 2.78. The molecule has 1 aromatic carbocycles. The number of benzene rings is 1. The van der Waals surface area contributed by atoms with Crippen LogP contribution >= 0.6 is 0 Å². The van der Waals surface area contributed by atoms with Gasteiger partial charge in [0, 0.05) is 40.3 Å². The van der Waals surface area contributed by atoms with E-state index in [4.69, 9.17) is 0 Å². The standard InChI is InChI=1S/C15H25N3/c1-12(2)13-5-6-14(15(11-13)17(3)4)18-9-7-16-8-10-18/h5-6,11-12,16H,7-10H2,1-4H3. The van der Waals surface area contributed by atoms with Gasteiger partial charge in [0.15, 0.2) is 0 Å². The van der Waals surface area contributed by atoms with Gasteiger partial charge in [0.1, 0.15) is 0 Å². The molecular formula is C15H25N3. The van der Waals surface area contributed by atoms with E-state index in [-0.39, 0.29) is 0 Å². The Morgan fingerprint density at radius 2 is 1.83 bits per heavy atom. The molecular weight excluding hydrogens is 222 g/mol. The molecule has 1 N–H and O–H groups in total. The normalized spacial score (nSPS) is 16.2. The summed E-state index contributed by atoms with van der Waals surface area (Å²) in [4.78, 5) is 4.71. The molecule has 1 aromatic rings. The Morgan fingerprint density at radius 3 is 2.39 bits per heavy atom. The van der Waals surface area contributed by atoms with E-state index in [0.29, 0.717) is 5.92 Å². The van der Waals surface area contributed by atoms with Gasteiger partial charge in [-0.05, 0) is 23.6 Å². The van der Waals surface area contributed by atoms with Gasteiger partial charge >= 0.3 is 0 Å². The molecule has 3 heteroatoms. The second-order valence-corrected chi connectivity index (χ2v) is 5.53. The first kappa shape index (κ1) is 13.2. The Hall–Kier alpha value is -1.22. The topological polar surface area (TPSA) is 18.5 Å². The summed E-state index contributed by atoms with van der Waals surface area (Å²) in [5.41, 5.74) is 4.12. The molecule has 3 nitrogen and oxygen atoms in total. The molecule has 1 saturated heterocycles. The number of rotatable bonds is 3. The van der Waals surface area contributed by atoms with Gasteiger partial charge in [-0.2, -0.15) is 0 Å². The van der Waals surface area contributed by atoms with Crippen molar-refractivity contribution in [2.75, 3.05) is 50.1 Å². The summed E-state index contributed by atoms with van der Waals surface area (Å²) in [5.74, 6) is 0.584. The van der Waals surface area contributed by atoms with Crippen LogP contribution in [0.15, 0.2) is 18.2 Å². The zero-order valence-electron chi connectivity index (χ0n) is 12.0. The van der Waals surface area contributed by atoms with Crippen molar-refractivity contribution in [2.45, 2.75) is 19.8 Å². The molecule has 0 atom stereocenters. The summed E-state index contributed by atoms with van der Waals surface area (Å²) in [5, 5.41) is 3.41. The Morgan fingerprint density at radius 1 is 1.17 bits per heavy atom. The molecule has 0 aliphatic carbocycles. The maximum atomic E-state index is 3.41. The number of hydrogen-bond acceptors (Lipinski definition) is 3. The summed E-state index contributed by atoms with van der Waals surface area (Å²) < 4.78 is 0. The number of hydrogen-bond donors (Lipinski definition) is 1. The van der Waals surface area contributed by atoms with Crippen LogP contribution in [-0.2, 0) is 0 Å². The van der Waals surface area contributed by atoms with Gasteiger partial charge in [0.2, 0.25) is 0 Å². The summed E-state index contributed by atoms with van der Waals surface area (Å²) in [6, 6.07) is 6.90. The van der Waals surface area contributed by atoms with Gasteiger partial charge in [-0.3, -0.25) is 0 Å². The van der Waals surface area contributed by atoms with Crippen molar-refractivity contribution in [3.8, 4) is 0 Å². The van der Waals surface area contributed by atoms with Gasteiger partial charge in [-0.1, -0.05) is 19.9 Å². The van der Waals surface area contributed by atoms with Crippen molar-refractivity contribution >= 4 is 11.4 Å². The first-order valence-electron chi connectivity index (χ1n) is 6.86. The molecule has 1 aliphatic heterocycles. The van der Waals surface area contributed by atoms with Gasteiger partial charge in [-0.15, -0.1) is 0 Å². The van der Waals surface area contributed by atoms with Crippen LogP contribution in [0.1, 0.15) is 25.3 Å². The third-order valence-corrected chi connectivity index (χ3v) is 3.61. The molecule has 0 aromatic heterocycles. The summed E-state index contributed by atoms with van der Waals surface area (Å²) in [6.45, 7) is 8.86. The van der Waals surface area contributed by atoms with Crippen LogP contribution in [0, 0.1) is 0 Å². The third-order valence-electron chi connectivity index (χ3n) is 3.61. The van der Waals surface area contributed by atoms with Crippen LogP contribution < -0.4 is 15.1 Å². The van der Waals surface area contributed by atoms with E-state index < -0.39 is 0 Å². The molecule has 1 heterocycles. The van der Waals surface area contributed by atoms with E-state index in [1.165, 1.54) is 16.9 Å². The van der Waals surface area contributed by atoms with E-state index >= 15 is 0 Å². The highest BCUT2D eigenvalue weighted by Gasteiger charge is 2.16. The molecule has 0 radical (unpaired) electrons. The second-order valence-electron chi connectivity index (χ2n) is 5.53. The molecule has 2 rings (SSSR count). The molecule has 100 valence electrons. The second kappa shape index (κ2) is 5.61. The lowest BCUT2D eigenvalue weighted by Crippen LogP contribution is -2.44. The van der Waals surface area contributed by atoms with E-state index in [1.54, 1.807) is 0 Å². The van der Waals surface area contributed by atoms with Crippen LogP contribution in [0.2, 0.25) is 0 Å². The molecule has 18 heavy (non-hydrogen) atoms. The Bertz CT molecular complexity index is 393. The van der Waals surface area contributed by atoms with Crippen molar-refractivity contribution in [3.63, 3.8) is 0 Å². The highest BCUT2D eigenvalue weighted by Crippen LogP contribution is 2.31. The number of anilines is 2. The monoisotopic (exact) mass is 247 g/mol. The van der Waals surface area contributed by atoms with Crippen LogP contribution in [0.5, 0.6) is 0 Å². The fraction of sp³-hybridized carbons (Fsp3) is 0.600. The predicted molar refractivity (Wildman–Crippen MR) is 79.9 cm³/mol. The molecule has 0 bridgehead atoms. The van der Waals surface area contributed by atoms with E-state index in [1.807, 2.05) is 0 Å². The Labute approximate surface area is 111 Å². The lowest BCUT2D eigenvalue weighted by Gasteiger charge is -2.33. The molecule has 0 spiro atoms. The van der Waals surface area contributed by atoms with E-state index in [0.717, 1.165) is 26.2 Å². The maximum Gasteiger partial charge on any atom is 0.0604 e.